The largest absolute Gasteiger partial charge is 0.378 e. The number of rotatable bonds is 4. The van der Waals surface area contributed by atoms with E-state index in [4.69, 9.17) is 4.74 Å². The Balaban J connectivity index is 1.58. The number of ether oxygens (including phenoxy) is 1. The highest BCUT2D eigenvalue weighted by Crippen LogP contribution is 2.26. The van der Waals surface area contributed by atoms with E-state index in [1.165, 1.54) is 11.1 Å². The molecule has 7 heteroatoms. The molecule has 1 aromatic carbocycles. The predicted octanol–water partition coefficient (Wildman–Crippen LogP) is 3.03. The zero-order valence-electron chi connectivity index (χ0n) is 16.0. The first-order chi connectivity index (χ1) is 13.6. The molecule has 28 heavy (non-hydrogen) atoms. The summed E-state index contributed by atoms with van der Waals surface area (Å²) in [5.41, 5.74) is 4.67. The summed E-state index contributed by atoms with van der Waals surface area (Å²) in [5.74, 6) is 1.34. The summed E-state index contributed by atoms with van der Waals surface area (Å²) >= 11 is 0. The van der Waals surface area contributed by atoms with Crippen LogP contribution in [0.2, 0.25) is 0 Å². The summed E-state index contributed by atoms with van der Waals surface area (Å²) in [6, 6.07) is 11.7. The number of hydrogen-bond acceptors (Lipinski definition) is 6. The number of anilines is 3. The fourth-order valence-electron chi connectivity index (χ4n) is 3.29. The minimum Gasteiger partial charge on any atom is -0.378 e. The van der Waals surface area contributed by atoms with Gasteiger partial charge in [-0.05, 0) is 48.7 Å². The van der Waals surface area contributed by atoms with Gasteiger partial charge >= 0.3 is 0 Å². The van der Waals surface area contributed by atoms with Crippen LogP contribution in [0.1, 0.15) is 11.1 Å². The minimum atomic E-state index is -0.201. The van der Waals surface area contributed by atoms with Crippen molar-refractivity contribution >= 4 is 17.3 Å². The number of H-pyrrole nitrogens is 1. The highest BCUT2D eigenvalue weighted by atomic mass is 16.5. The molecule has 1 fully saturated rings. The lowest BCUT2D eigenvalue weighted by Crippen LogP contribution is -2.36. The Morgan fingerprint density at radius 3 is 2.68 bits per heavy atom. The van der Waals surface area contributed by atoms with E-state index in [1.54, 1.807) is 6.20 Å². The molecule has 3 aromatic rings. The van der Waals surface area contributed by atoms with Gasteiger partial charge in [0.2, 0.25) is 0 Å². The summed E-state index contributed by atoms with van der Waals surface area (Å²) in [7, 11) is 0. The van der Waals surface area contributed by atoms with E-state index in [2.05, 4.69) is 51.4 Å². The molecule has 2 aromatic heterocycles. The lowest BCUT2D eigenvalue weighted by Gasteiger charge is -2.27. The molecule has 0 spiro atoms. The van der Waals surface area contributed by atoms with Gasteiger partial charge in [0.15, 0.2) is 11.6 Å². The molecule has 0 aliphatic carbocycles. The maximum Gasteiger partial charge on any atom is 0.271 e. The average Bonchev–Trinajstić information content (AvgIpc) is 2.73. The molecule has 2 N–H and O–H groups in total. The van der Waals surface area contributed by atoms with E-state index >= 15 is 0 Å². The van der Waals surface area contributed by atoms with Crippen LogP contribution in [0, 0.1) is 13.8 Å². The number of aromatic nitrogens is 3. The maximum absolute atomic E-state index is 12.3. The van der Waals surface area contributed by atoms with Crippen molar-refractivity contribution in [3.8, 4) is 11.1 Å². The van der Waals surface area contributed by atoms with Crippen LogP contribution in [0.25, 0.3) is 11.1 Å². The molecule has 4 rings (SSSR count). The van der Waals surface area contributed by atoms with E-state index in [-0.39, 0.29) is 5.56 Å². The van der Waals surface area contributed by atoms with Crippen molar-refractivity contribution in [1.82, 2.24) is 15.2 Å². The van der Waals surface area contributed by atoms with E-state index in [9.17, 15) is 4.79 Å². The van der Waals surface area contributed by atoms with Crippen molar-refractivity contribution in [2.75, 3.05) is 36.5 Å². The average molecular weight is 377 g/mol. The highest BCUT2D eigenvalue weighted by molar-refractivity contribution is 5.72. The molecular weight excluding hydrogens is 354 g/mol. The second-order valence-electron chi connectivity index (χ2n) is 6.88. The Morgan fingerprint density at radius 1 is 1.11 bits per heavy atom. The number of nitrogens with zero attached hydrogens (tertiary/aromatic N) is 3. The smallest absolute Gasteiger partial charge is 0.271 e. The van der Waals surface area contributed by atoms with Crippen molar-refractivity contribution < 1.29 is 4.74 Å². The van der Waals surface area contributed by atoms with Crippen molar-refractivity contribution in [3.05, 3.63) is 64.1 Å². The van der Waals surface area contributed by atoms with E-state index in [0.29, 0.717) is 24.7 Å². The summed E-state index contributed by atoms with van der Waals surface area (Å²) in [4.78, 5) is 17.2. The van der Waals surface area contributed by atoms with Crippen LogP contribution in [-0.2, 0) is 4.74 Å². The number of benzene rings is 1. The van der Waals surface area contributed by atoms with Crippen molar-refractivity contribution in [1.29, 1.82) is 0 Å². The molecule has 1 aliphatic heterocycles. The van der Waals surface area contributed by atoms with Crippen LogP contribution in [-0.4, -0.2) is 41.5 Å². The van der Waals surface area contributed by atoms with Gasteiger partial charge in [0.05, 0.1) is 13.2 Å². The minimum absolute atomic E-state index is 0.201. The normalized spacial score (nSPS) is 14.1. The monoisotopic (exact) mass is 377 g/mol. The second kappa shape index (κ2) is 7.82. The molecule has 3 heterocycles. The lowest BCUT2D eigenvalue weighted by molar-refractivity contribution is 0.122. The Morgan fingerprint density at radius 2 is 1.93 bits per heavy atom. The molecule has 0 radical (unpaired) electrons. The Kier molecular flexibility index (Phi) is 5.08. The van der Waals surface area contributed by atoms with Gasteiger partial charge in [-0.3, -0.25) is 4.79 Å². The maximum atomic E-state index is 12.3. The standard InChI is InChI=1S/C21H23N5O2/c1-14-4-3-5-17(15(14)2)16-12-18(21(27)22-13-16)23-19-6-7-20(25-24-19)26-8-10-28-11-9-26/h3-7,12-13H,8-11H2,1-2H3,(H,22,27)(H,23,24). The van der Waals surface area contributed by atoms with Crippen LogP contribution in [0.3, 0.4) is 0 Å². The van der Waals surface area contributed by atoms with Gasteiger partial charge in [0.1, 0.15) is 5.69 Å². The zero-order chi connectivity index (χ0) is 19.5. The molecule has 1 saturated heterocycles. The molecule has 0 atom stereocenters. The third kappa shape index (κ3) is 3.75. The van der Waals surface area contributed by atoms with Crippen LogP contribution < -0.4 is 15.8 Å². The number of aryl methyl sites for hydroxylation is 1. The third-order valence-electron chi connectivity index (χ3n) is 5.07. The molecule has 7 nitrogen and oxygen atoms in total. The summed E-state index contributed by atoms with van der Waals surface area (Å²) < 4.78 is 5.36. The molecular formula is C21H23N5O2. The van der Waals surface area contributed by atoms with Crippen molar-refractivity contribution in [3.63, 3.8) is 0 Å². The van der Waals surface area contributed by atoms with Crippen LogP contribution in [0.4, 0.5) is 17.3 Å². The molecule has 0 unspecified atom stereocenters. The van der Waals surface area contributed by atoms with Gasteiger partial charge in [-0.1, -0.05) is 18.2 Å². The van der Waals surface area contributed by atoms with Gasteiger partial charge in [-0.15, -0.1) is 10.2 Å². The summed E-state index contributed by atoms with van der Waals surface area (Å²) in [5, 5.41) is 11.6. The zero-order valence-corrected chi connectivity index (χ0v) is 16.0. The fraction of sp³-hybridized carbons (Fsp3) is 0.286. The number of nitrogens with one attached hydrogen (secondary N) is 2. The lowest BCUT2D eigenvalue weighted by atomic mass is 9.98. The Bertz CT molecular complexity index is 1020. The topological polar surface area (TPSA) is 83.1 Å². The van der Waals surface area contributed by atoms with Gasteiger partial charge in [-0.25, -0.2) is 0 Å². The van der Waals surface area contributed by atoms with Crippen LogP contribution in [0.15, 0.2) is 47.4 Å². The number of aromatic amines is 1. The summed E-state index contributed by atoms with van der Waals surface area (Å²) in [6.07, 6.45) is 1.74. The molecule has 0 saturated carbocycles. The summed E-state index contributed by atoms with van der Waals surface area (Å²) in [6.45, 7) is 7.16. The molecule has 0 bridgehead atoms. The van der Waals surface area contributed by atoms with Crippen molar-refractivity contribution in [2.45, 2.75) is 13.8 Å². The molecule has 144 valence electrons. The quantitative estimate of drug-likeness (QED) is 0.727. The van der Waals surface area contributed by atoms with Gasteiger partial charge in [0.25, 0.3) is 5.56 Å². The van der Waals surface area contributed by atoms with E-state index in [0.717, 1.165) is 30.0 Å². The van der Waals surface area contributed by atoms with Gasteiger partial charge < -0.3 is 19.9 Å². The Labute approximate surface area is 163 Å². The molecule has 1 aliphatic rings. The first kappa shape index (κ1) is 18.2. The number of pyridine rings is 1. The van der Waals surface area contributed by atoms with Gasteiger partial charge in [0, 0.05) is 24.8 Å². The van der Waals surface area contributed by atoms with Crippen molar-refractivity contribution in [2.24, 2.45) is 0 Å². The van der Waals surface area contributed by atoms with Crippen LogP contribution >= 0.6 is 0 Å². The fourth-order valence-corrected chi connectivity index (χ4v) is 3.29. The first-order valence-electron chi connectivity index (χ1n) is 9.34. The van der Waals surface area contributed by atoms with E-state index in [1.807, 2.05) is 24.3 Å². The molecule has 0 amide bonds. The first-order valence-corrected chi connectivity index (χ1v) is 9.34. The van der Waals surface area contributed by atoms with Gasteiger partial charge in [-0.2, -0.15) is 0 Å². The predicted molar refractivity (Wildman–Crippen MR) is 110 cm³/mol. The highest BCUT2D eigenvalue weighted by Gasteiger charge is 2.13. The van der Waals surface area contributed by atoms with E-state index < -0.39 is 0 Å². The third-order valence-corrected chi connectivity index (χ3v) is 5.07. The van der Waals surface area contributed by atoms with Crippen LogP contribution in [0.5, 0.6) is 0 Å². The number of morpholine rings is 1. The number of hydrogen-bond donors (Lipinski definition) is 2. The second-order valence-corrected chi connectivity index (χ2v) is 6.88. The Hall–Kier alpha value is -3.19. The SMILES string of the molecule is Cc1cccc(-c2c[nH]c(=O)c(Nc3ccc(N4CCOCC4)nn3)c2)c1C.